The predicted octanol–water partition coefficient (Wildman–Crippen LogP) is 3.11. The van der Waals surface area contributed by atoms with E-state index in [2.05, 4.69) is 4.90 Å². The minimum absolute atomic E-state index is 0.0987. The second-order valence-electron chi connectivity index (χ2n) is 6.13. The highest BCUT2D eigenvalue weighted by Gasteiger charge is 2.35. The van der Waals surface area contributed by atoms with Crippen molar-refractivity contribution in [3.63, 3.8) is 0 Å². The zero-order valence-corrected chi connectivity index (χ0v) is 13.2. The molecule has 4 nitrogen and oxygen atoms in total. The Morgan fingerprint density at radius 2 is 1.91 bits per heavy atom. The Morgan fingerprint density at radius 1 is 1.23 bits per heavy atom. The third-order valence-corrected chi connectivity index (χ3v) is 6.03. The first-order valence-corrected chi connectivity index (χ1v) is 9.04. The summed E-state index contributed by atoms with van der Waals surface area (Å²) in [6.45, 7) is 0.855. The molecule has 1 N–H and O–H groups in total. The number of benzene rings is 1. The smallest absolute Gasteiger partial charge is 0.306 e. The molecule has 0 bridgehead atoms. The summed E-state index contributed by atoms with van der Waals surface area (Å²) in [5.74, 6) is -0.353. The quantitative estimate of drug-likeness (QED) is 0.866. The zero-order valence-electron chi connectivity index (χ0n) is 12.4. The van der Waals surface area contributed by atoms with Crippen LogP contribution in [0.3, 0.4) is 0 Å². The first-order valence-electron chi connectivity index (χ1n) is 7.76. The van der Waals surface area contributed by atoms with Crippen LogP contribution in [0.2, 0.25) is 0 Å². The van der Waals surface area contributed by atoms with Gasteiger partial charge in [0.15, 0.2) is 0 Å². The molecule has 1 aliphatic carbocycles. The van der Waals surface area contributed by atoms with Gasteiger partial charge in [-0.1, -0.05) is 30.3 Å². The number of nitrogens with zero attached hydrogens (tertiary/aromatic N) is 1. The first kappa shape index (κ1) is 15.4. The van der Waals surface area contributed by atoms with E-state index < -0.39 is 17.1 Å². The maximum absolute atomic E-state index is 12.3. The molecule has 0 amide bonds. The van der Waals surface area contributed by atoms with Crippen LogP contribution >= 0.6 is 0 Å². The molecule has 0 aromatic heterocycles. The van der Waals surface area contributed by atoms with Gasteiger partial charge in [0.05, 0.1) is 12.1 Å². The van der Waals surface area contributed by atoms with E-state index in [0.29, 0.717) is 5.92 Å². The number of hydrogen-bond donors (Lipinski definition) is 1. The summed E-state index contributed by atoms with van der Waals surface area (Å²) in [6.07, 6.45) is 5.34. The summed E-state index contributed by atoms with van der Waals surface area (Å²) >= 11 is -1.01. The Bertz CT molecular complexity index is 540. The first-order chi connectivity index (χ1) is 10.6. The zero-order chi connectivity index (χ0) is 15.5. The van der Waals surface area contributed by atoms with Gasteiger partial charge in [-0.3, -0.25) is 4.79 Å². The average Bonchev–Trinajstić information content (AvgIpc) is 2.89. The standard InChI is InChI=1S/C17H21NO3S/c19-17(20)15-8-6-13(7-9-15)12-18-10-11-22(21)16(18)14-4-2-1-3-5-14/h1-5,10-11,13,15-16H,6-9,12H2,(H,19,20)/t13-,15-,16?,22?. The molecular weight excluding hydrogens is 298 g/mol. The van der Waals surface area contributed by atoms with Gasteiger partial charge < -0.3 is 14.6 Å². The lowest BCUT2D eigenvalue weighted by atomic mass is 9.82. The molecule has 1 aromatic carbocycles. The van der Waals surface area contributed by atoms with E-state index in [9.17, 15) is 9.35 Å². The predicted molar refractivity (Wildman–Crippen MR) is 86.3 cm³/mol. The Balaban J connectivity index is 1.62. The van der Waals surface area contributed by atoms with Crippen LogP contribution < -0.4 is 0 Å². The Morgan fingerprint density at radius 3 is 2.55 bits per heavy atom. The highest BCUT2D eigenvalue weighted by Crippen LogP contribution is 2.37. The van der Waals surface area contributed by atoms with Crippen LogP contribution in [0, 0.1) is 11.8 Å². The summed E-state index contributed by atoms with van der Waals surface area (Å²) in [7, 11) is 0. The van der Waals surface area contributed by atoms with Crippen LogP contribution in [0.4, 0.5) is 0 Å². The largest absolute Gasteiger partial charge is 0.610 e. The third-order valence-electron chi connectivity index (χ3n) is 4.66. The van der Waals surface area contributed by atoms with Crippen molar-refractivity contribution < 1.29 is 14.5 Å². The molecule has 118 valence electrons. The van der Waals surface area contributed by atoms with Crippen molar-refractivity contribution in [3.05, 3.63) is 47.5 Å². The van der Waals surface area contributed by atoms with Crippen molar-refractivity contribution in [2.45, 2.75) is 31.1 Å². The molecule has 1 saturated carbocycles. The maximum atomic E-state index is 12.3. The molecule has 1 aliphatic heterocycles. The number of rotatable bonds is 4. The normalized spacial score (nSPS) is 31.4. The molecular formula is C17H21NO3S. The van der Waals surface area contributed by atoms with Gasteiger partial charge in [-0.15, -0.1) is 0 Å². The van der Waals surface area contributed by atoms with Crippen molar-refractivity contribution in [1.29, 1.82) is 0 Å². The van der Waals surface area contributed by atoms with Gasteiger partial charge in [-0.25, -0.2) is 0 Å². The van der Waals surface area contributed by atoms with Gasteiger partial charge in [0.1, 0.15) is 5.41 Å². The minimum atomic E-state index is -1.01. The number of carboxylic acid groups (broad SMARTS) is 1. The Hall–Kier alpha value is -1.46. The lowest BCUT2D eigenvalue weighted by Crippen LogP contribution is -2.32. The lowest BCUT2D eigenvalue weighted by Gasteiger charge is -2.32. The second-order valence-corrected chi connectivity index (χ2v) is 7.51. The van der Waals surface area contributed by atoms with E-state index in [0.717, 1.165) is 37.8 Å². The summed E-state index contributed by atoms with van der Waals surface area (Å²) < 4.78 is 12.3. The SMILES string of the molecule is O=C(O)[C@H]1CC[C@H](CN2C=C[S+]([O-])C2c2ccccc2)CC1. The van der Waals surface area contributed by atoms with Crippen LogP contribution in [0.1, 0.15) is 36.6 Å². The van der Waals surface area contributed by atoms with Crippen molar-refractivity contribution in [2.24, 2.45) is 11.8 Å². The van der Waals surface area contributed by atoms with E-state index in [-0.39, 0.29) is 11.3 Å². The van der Waals surface area contributed by atoms with E-state index in [1.165, 1.54) is 0 Å². The van der Waals surface area contributed by atoms with Gasteiger partial charge in [-0.05, 0) is 31.6 Å². The third kappa shape index (κ3) is 3.31. The Labute approximate surface area is 134 Å². The highest BCUT2D eigenvalue weighted by molar-refractivity contribution is 7.94. The summed E-state index contributed by atoms with van der Waals surface area (Å²) in [6, 6.07) is 9.95. The number of carboxylic acids is 1. The molecule has 2 atom stereocenters. The molecule has 2 unspecified atom stereocenters. The molecule has 1 fully saturated rings. The summed E-state index contributed by atoms with van der Waals surface area (Å²) in [5.41, 5.74) is 1.07. The topological polar surface area (TPSA) is 63.6 Å². The van der Waals surface area contributed by atoms with Crippen LogP contribution in [-0.4, -0.2) is 27.1 Å². The molecule has 0 radical (unpaired) electrons. The second kappa shape index (κ2) is 6.75. The molecule has 1 heterocycles. The Kier molecular flexibility index (Phi) is 4.74. The summed E-state index contributed by atoms with van der Waals surface area (Å²) in [4.78, 5) is 13.2. The van der Waals surface area contributed by atoms with E-state index >= 15 is 0 Å². The molecule has 22 heavy (non-hydrogen) atoms. The van der Waals surface area contributed by atoms with Gasteiger partial charge in [0.2, 0.25) is 5.37 Å². The number of hydrogen-bond acceptors (Lipinski definition) is 3. The molecule has 0 saturated heterocycles. The van der Waals surface area contributed by atoms with Crippen molar-refractivity contribution >= 4 is 17.1 Å². The van der Waals surface area contributed by atoms with Gasteiger partial charge in [-0.2, -0.15) is 0 Å². The van der Waals surface area contributed by atoms with Gasteiger partial charge in [0.25, 0.3) is 0 Å². The van der Waals surface area contributed by atoms with E-state index in [1.807, 2.05) is 36.5 Å². The molecule has 1 aromatic rings. The van der Waals surface area contributed by atoms with Crippen molar-refractivity contribution in [2.75, 3.05) is 6.54 Å². The average molecular weight is 319 g/mol. The maximum Gasteiger partial charge on any atom is 0.306 e. The molecule has 2 aliphatic rings. The molecule has 5 heteroatoms. The molecule has 3 rings (SSSR count). The van der Waals surface area contributed by atoms with Gasteiger partial charge in [0, 0.05) is 23.3 Å². The van der Waals surface area contributed by atoms with Crippen LogP contribution in [-0.2, 0) is 16.0 Å². The van der Waals surface area contributed by atoms with Crippen molar-refractivity contribution in [1.82, 2.24) is 4.90 Å². The van der Waals surface area contributed by atoms with Gasteiger partial charge >= 0.3 is 5.97 Å². The fourth-order valence-corrected chi connectivity index (χ4v) is 4.69. The summed E-state index contributed by atoms with van der Waals surface area (Å²) in [5, 5.41) is 10.7. The van der Waals surface area contributed by atoms with Crippen LogP contribution in [0.5, 0.6) is 0 Å². The molecule has 0 spiro atoms. The van der Waals surface area contributed by atoms with E-state index in [1.54, 1.807) is 5.41 Å². The fourth-order valence-electron chi connectivity index (χ4n) is 3.41. The van der Waals surface area contributed by atoms with E-state index in [4.69, 9.17) is 5.11 Å². The fraction of sp³-hybridized carbons (Fsp3) is 0.471. The van der Waals surface area contributed by atoms with Crippen LogP contribution in [0.25, 0.3) is 0 Å². The van der Waals surface area contributed by atoms with Crippen molar-refractivity contribution in [3.8, 4) is 0 Å². The number of carbonyl (C=O) groups is 1. The number of aliphatic carboxylic acids is 1. The lowest BCUT2D eigenvalue weighted by molar-refractivity contribution is -0.143. The highest BCUT2D eigenvalue weighted by atomic mass is 32.2. The van der Waals surface area contributed by atoms with Crippen LogP contribution in [0.15, 0.2) is 41.9 Å². The monoisotopic (exact) mass is 319 g/mol. The minimum Gasteiger partial charge on any atom is -0.610 e.